The molecule has 27 heavy (non-hydrogen) atoms. The second-order valence-electron chi connectivity index (χ2n) is 6.38. The number of benzene rings is 2. The third-order valence-corrected chi connectivity index (χ3v) is 6.07. The van der Waals surface area contributed by atoms with E-state index in [1.165, 1.54) is 30.3 Å². The maximum absolute atomic E-state index is 13.9. The first-order valence-corrected chi connectivity index (χ1v) is 10.0. The number of hydrogen-bond donors (Lipinski definition) is 0. The summed E-state index contributed by atoms with van der Waals surface area (Å²) in [6, 6.07) is 7.84. The van der Waals surface area contributed by atoms with Crippen molar-refractivity contribution >= 4 is 16.9 Å². The minimum absolute atomic E-state index is 0.0750. The summed E-state index contributed by atoms with van der Waals surface area (Å²) in [5, 5.41) is 0. The van der Waals surface area contributed by atoms with Crippen molar-refractivity contribution in [2.45, 2.75) is 11.3 Å². The minimum atomic E-state index is -1.45. The van der Waals surface area contributed by atoms with E-state index in [1.54, 1.807) is 4.90 Å². The van der Waals surface area contributed by atoms with E-state index < -0.39 is 28.6 Å². The SMILES string of the molecule is [O-][S+](CCCN1CCN(c2ccc(F)c(F)c2F)CC1)c1ccc(F)cc1. The van der Waals surface area contributed by atoms with E-state index in [0.717, 1.165) is 12.6 Å². The molecule has 0 spiro atoms. The summed E-state index contributed by atoms with van der Waals surface area (Å²) in [5.41, 5.74) is 0.0750. The molecule has 0 amide bonds. The van der Waals surface area contributed by atoms with E-state index >= 15 is 0 Å². The van der Waals surface area contributed by atoms with Crippen LogP contribution >= 0.6 is 0 Å². The Morgan fingerprint density at radius 2 is 1.52 bits per heavy atom. The largest absolute Gasteiger partial charge is 0.611 e. The van der Waals surface area contributed by atoms with Crippen LogP contribution in [0.1, 0.15) is 6.42 Å². The highest BCUT2D eigenvalue weighted by Gasteiger charge is 2.23. The predicted molar refractivity (Wildman–Crippen MR) is 97.3 cm³/mol. The molecule has 0 radical (unpaired) electrons. The van der Waals surface area contributed by atoms with Crippen molar-refractivity contribution in [3.05, 3.63) is 59.7 Å². The summed E-state index contributed by atoms with van der Waals surface area (Å²) in [7, 11) is 0. The van der Waals surface area contributed by atoms with Gasteiger partial charge in [-0.15, -0.1) is 0 Å². The van der Waals surface area contributed by atoms with Crippen LogP contribution in [0.4, 0.5) is 23.2 Å². The van der Waals surface area contributed by atoms with Crippen LogP contribution in [0.25, 0.3) is 0 Å². The zero-order chi connectivity index (χ0) is 19.4. The number of anilines is 1. The average molecular weight is 400 g/mol. The van der Waals surface area contributed by atoms with E-state index in [0.29, 0.717) is 43.2 Å². The number of hydrogen-bond acceptors (Lipinski definition) is 3. The lowest BCUT2D eigenvalue weighted by molar-refractivity contribution is 0.257. The van der Waals surface area contributed by atoms with Gasteiger partial charge in [-0.2, -0.15) is 0 Å². The van der Waals surface area contributed by atoms with Gasteiger partial charge in [0.25, 0.3) is 0 Å². The van der Waals surface area contributed by atoms with Crippen LogP contribution in [-0.4, -0.2) is 47.9 Å². The molecule has 1 saturated heterocycles. The van der Waals surface area contributed by atoms with E-state index in [-0.39, 0.29) is 11.5 Å². The molecule has 0 aromatic heterocycles. The summed E-state index contributed by atoms with van der Waals surface area (Å²) in [6.45, 7) is 3.05. The lowest BCUT2D eigenvalue weighted by atomic mass is 10.2. The Morgan fingerprint density at radius 1 is 0.852 bits per heavy atom. The molecule has 1 heterocycles. The van der Waals surface area contributed by atoms with Gasteiger partial charge in [-0.1, -0.05) is 0 Å². The summed E-state index contributed by atoms with van der Waals surface area (Å²) >= 11 is -1.17. The molecule has 1 fully saturated rings. The van der Waals surface area contributed by atoms with Gasteiger partial charge in [0.1, 0.15) is 11.6 Å². The Bertz CT molecular complexity index is 767. The van der Waals surface area contributed by atoms with E-state index in [4.69, 9.17) is 0 Å². The summed E-state index contributed by atoms with van der Waals surface area (Å²) in [6.07, 6.45) is 0.712. The number of piperazine rings is 1. The zero-order valence-electron chi connectivity index (χ0n) is 14.6. The first-order valence-electron chi connectivity index (χ1n) is 8.70. The van der Waals surface area contributed by atoms with Gasteiger partial charge < -0.3 is 9.45 Å². The fourth-order valence-corrected chi connectivity index (χ4v) is 4.16. The quantitative estimate of drug-likeness (QED) is 0.422. The van der Waals surface area contributed by atoms with Crippen molar-refractivity contribution in [2.24, 2.45) is 0 Å². The number of nitrogens with zero attached hydrogens (tertiary/aromatic N) is 2. The zero-order valence-corrected chi connectivity index (χ0v) is 15.5. The van der Waals surface area contributed by atoms with Crippen LogP contribution in [0.15, 0.2) is 41.3 Å². The van der Waals surface area contributed by atoms with Crippen LogP contribution < -0.4 is 4.90 Å². The average Bonchev–Trinajstić information content (AvgIpc) is 2.67. The molecule has 1 aliphatic heterocycles. The van der Waals surface area contributed by atoms with Crippen LogP contribution in [0.2, 0.25) is 0 Å². The van der Waals surface area contributed by atoms with Gasteiger partial charge in [0.2, 0.25) is 0 Å². The second-order valence-corrected chi connectivity index (χ2v) is 7.95. The Kier molecular flexibility index (Phi) is 6.62. The van der Waals surface area contributed by atoms with Crippen LogP contribution in [0.3, 0.4) is 0 Å². The van der Waals surface area contributed by atoms with Crippen molar-refractivity contribution in [3.63, 3.8) is 0 Å². The molecule has 0 saturated carbocycles. The maximum Gasteiger partial charge on any atom is 0.196 e. The Morgan fingerprint density at radius 3 is 2.19 bits per heavy atom. The van der Waals surface area contributed by atoms with Gasteiger partial charge >= 0.3 is 0 Å². The molecule has 0 aliphatic carbocycles. The topological polar surface area (TPSA) is 29.5 Å². The van der Waals surface area contributed by atoms with Crippen LogP contribution in [-0.2, 0) is 11.2 Å². The first kappa shape index (κ1) is 20.0. The molecule has 2 aromatic rings. The van der Waals surface area contributed by atoms with Crippen LogP contribution in [0, 0.1) is 23.3 Å². The first-order chi connectivity index (χ1) is 13.0. The lowest BCUT2D eigenvalue weighted by Crippen LogP contribution is -2.47. The normalized spacial score (nSPS) is 16.6. The molecule has 1 aliphatic rings. The summed E-state index contributed by atoms with van der Waals surface area (Å²) in [4.78, 5) is 4.47. The van der Waals surface area contributed by atoms with Crippen molar-refractivity contribution in [1.82, 2.24) is 4.90 Å². The molecule has 3 nitrogen and oxygen atoms in total. The number of halogens is 4. The lowest BCUT2D eigenvalue weighted by Gasteiger charge is -2.36. The van der Waals surface area contributed by atoms with Gasteiger partial charge in [-0.05, 0) is 47.6 Å². The molecule has 1 atom stereocenters. The highest BCUT2D eigenvalue weighted by Crippen LogP contribution is 2.24. The molecule has 2 aromatic carbocycles. The number of rotatable bonds is 6. The Labute approximate surface area is 158 Å². The molecule has 8 heteroatoms. The summed E-state index contributed by atoms with van der Waals surface area (Å²) < 4.78 is 65.4. The van der Waals surface area contributed by atoms with Gasteiger partial charge in [0.15, 0.2) is 22.3 Å². The van der Waals surface area contributed by atoms with E-state index in [9.17, 15) is 22.1 Å². The molecule has 1 unspecified atom stereocenters. The van der Waals surface area contributed by atoms with Gasteiger partial charge in [-0.3, -0.25) is 4.90 Å². The standard InChI is InChI=1S/C19H20F4N2OS/c20-14-2-4-15(5-3-14)27(26)13-1-8-24-9-11-25(12-10-24)17-7-6-16(21)18(22)19(17)23/h2-7H,1,8-13H2. The van der Waals surface area contributed by atoms with Gasteiger partial charge in [0, 0.05) is 39.1 Å². The van der Waals surface area contributed by atoms with Crippen molar-refractivity contribution < 1.29 is 22.1 Å². The monoisotopic (exact) mass is 400 g/mol. The molecule has 0 N–H and O–H groups in total. The van der Waals surface area contributed by atoms with E-state index in [1.807, 2.05) is 0 Å². The third-order valence-electron chi connectivity index (χ3n) is 4.61. The van der Waals surface area contributed by atoms with E-state index in [2.05, 4.69) is 4.90 Å². The smallest absolute Gasteiger partial charge is 0.196 e. The highest BCUT2D eigenvalue weighted by molar-refractivity contribution is 7.91. The highest BCUT2D eigenvalue weighted by atomic mass is 32.2. The Hall–Kier alpha value is -1.77. The second kappa shape index (κ2) is 8.95. The predicted octanol–water partition coefficient (Wildman–Crippen LogP) is 3.56. The molecule has 146 valence electrons. The fraction of sp³-hybridized carbons (Fsp3) is 0.368. The van der Waals surface area contributed by atoms with Crippen LogP contribution in [0.5, 0.6) is 0 Å². The summed E-state index contributed by atoms with van der Waals surface area (Å²) in [5.74, 6) is -3.67. The molecular formula is C19H20F4N2OS. The van der Waals surface area contributed by atoms with Crippen molar-refractivity contribution in [2.75, 3.05) is 43.4 Å². The van der Waals surface area contributed by atoms with Crippen molar-refractivity contribution in [3.8, 4) is 0 Å². The Balaban J connectivity index is 1.45. The van der Waals surface area contributed by atoms with Crippen molar-refractivity contribution in [1.29, 1.82) is 0 Å². The minimum Gasteiger partial charge on any atom is -0.611 e. The third kappa shape index (κ3) is 4.94. The maximum atomic E-state index is 13.9. The molecule has 3 rings (SSSR count). The molecule has 0 bridgehead atoms. The van der Waals surface area contributed by atoms with Gasteiger partial charge in [-0.25, -0.2) is 17.6 Å². The fourth-order valence-electron chi connectivity index (χ4n) is 3.10. The molecular weight excluding hydrogens is 380 g/mol. The van der Waals surface area contributed by atoms with Gasteiger partial charge in [0.05, 0.1) is 5.69 Å².